The molecule has 0 amide bonds. The lowest BCUT2D eigenvalue weighted by Crippen LogP contribution is -2.40. The summed E-state index contributed by atoms with van der Waals surface area (Å²) in [6.07, 6.45) is 1.78. The van der Waals surface area contributed by atoms with Gasteiger partial charge in [-0.25, -0.2) is 14.6 Å². The monoisotopic (exact) mass is 694 g/mol. The fourth-order valence-electron chi connectivity index (χ4n) is 4.77. The van der Waals surface area contributed by atoms with Gasteiger partial charge in [-0.2, -0.15) is 0 Å². The Morgan fingerprint density at radius 3 is 2.41 bits per heavy atom. The third kappa shape index (κ3) is 6.57. The molecule has 8 nitrogen and oxygen atoms in total. The minimum Gasteiger partial charge on any atom is -0.488 e. The van der Waals surface area contributed by atoms with Gasteiger partial charge < -0.3 is 14.2 Å². The second-order valence-corrected chi connectivity index (χ2v) is 12.0. The second kappa shape index (κ2) is 13.8. The van der Waals surface area contributed by atoms with E-state index in [-0.39, 0.29) is 23.7 Å². The number of esters is 2. The number of rotatable bonds is 9. The number of aromatic nitrogens is 1. The van der Waals surface area contributed by atoms with Crippen LogP contribution in [-0.2, 0) is 20.9 Å². The Kier molecular flexibility index (Phi) is 9.83. The van der Waals surface area contributed by atoms with E-state index >= 15 is 0 Å². The van der Waals surface area contributed by atoms with Crippen LogP contribution in [0, 0.1) is 0 Å². The SMILES string of the molecule is CCOC(=O)C1=C(C)N=c2s/c(=C\c3ccc(OCc4ccc(C(=O)OCC)cc4)c(Br)c3)c(=O)n2[C@H]1c1ccccc1Cl. The van der Waals surface area contributed by atoms with E-state index in [9.17, 15) is 14.4 Å². The van der Waals surface area contributed by atoms with Crippen molar-refractivity contribution in [2.24, 2.45) is 4.99 Å². The lowest BCUT2D eigenvalue weighted by Gasteiger charge is -2.25. The van der Waals surface area contributed by atoms with Crippen molar-refractivity contribution >= 4 is 56.9 Å². The first-order valence-electron chi connectivity index (χ1n) is 13.8. The number of carbonyl (C=O) groups is 2. The summed E-state index contributed by atoms with van der Waals surface area (Å²) in [5, 5.41) is 0.429. The number of nitrogens with zero attached hydrogens (tertiary/aromatic N) is 2. The highest BCUT2D eigenvalue weighted by atomic mass is 79.9. The van der Waals surface area contributed by atoms with Crippen molar-refractivity contribution < 1.29 is 23.8 Å². The third-order valence-corrected chi connectivity index (χ3v) is 8.78. The Morgan fingerprint density at radius 1 is 1.02 bits per heavy atom. The van der Waals surface area contributed by atoms with Crippen LogP contribution in [0.1, 0.15) is 53.9 Å². The highest BCUT2D eigenvalue weighted by molar-refractivity contribution is 9.10. The summed E-state index contributed by atoms with van der Waals surface area (Å²) >= 11 is 11.4. The van der Waals surface area contributed by atoms with E-state index < -0.39 is 12.0 Å². The number of ether oxygens (including phenoxy) is 3. The topological polar surface area (TPSA) is 96.2 Å². The van der Waals surface area contributed by atoms with Gasteiger partial charge in [-0.05, 0) is 89.8 Å². The van der Waals surface area contributed by atoms with Crippen LogP contribution in [0.5, 0.6) is 5.75 Å². The van der Waals surface area contributed by atoms with Gasteiger partial charge in [0.2, 0.25) is 0 Å². The molecule has 1 aliphatic heterocycles. The molecule has 1 aliphatic rings. The zero-order chi connectivity index (χ0) is 31.4. The fraction of sp³-hybridized carbons (Fsp3) is 0.212. The normalized spacial score (nSPS) is 14.6. The zero-order valence-corrected chi connectivity index (χ0v) is 27.3. The highest BCUT2D eigenvalue weighted by Crippen LogP contribution is 2.34. The molecule has 5 rings (SSSR count). The van der Waals surface area contributed by atoms with Crippen LogP contribution in [0.25, 0.3) is 6.08 Å². The molecule has 1 aromatic heterocycles. The van der Waals surface area contributed by atoms with Gasteiger partial charge in [0, 0.05) is 5.02 Å². The van der Waals surface area contributed by atoms with Gasteiger partial charge in [0.05, 0.1) is 39.1 Å². The van der Waals surface area contributed by atoms with E-state index in [1.165, 1.54) is 15.9 Å². The van der Waals surface area contributed by atoms with Crippen molar-refractivity contribution in [2.75, 3.05) is 13.2 Å². The molecule has 0 radical (unpaired) electrons. The number of fused-ring (bicyclic) bond motifs is 1. The lowest BCUT2D eigenvalue weighted by molar-refractivity contribution is -0.139. The molecule has 44 heavy (non-hydrogen) atoms. The summed E-state index contributed by atoms with van der Waals surface area (Å²) in [5.74, 6) is -0.284. The van der Waals surface area contributed by atoms with E-state index in [1.54, 1.807) is 57.2 Å². The van der Waals surface area contributed by atoms with Crippen LogP contribution < -0.4 is 19.6 Å². The van der Waals surface area contributed by atoms with E-state index in [0.717, 1.165) is 11.1 Å². The van der Waals surface area contributed by atoms with Crippen molar-refractivity contribution in [3.05, 3.63) is 129 Å². The van der Waals surface area contributed by atoms with E-state index in [2.05, 4.69) is 20.9 Å². The predicted octanol–water partition coefficient (Wildman–Crippen LogP) is 5.97. The maximum absolute atomic E-state index is 13.9. The Hall–Kier alpha value is -3.99. The summed E-state index contributed by atoms with van der Waals surface area (Å²) in [5.41, 5.74) is 3.20. The molecule has 0 N–H and O–H groups in total. The third-order valence-electron chi connectivity index (χ3n) is 6.83. The maximum Gasteiger partial charge on any atom is 0.338 e. The van der Waals surface area contributed by atoms with Gasteiger partial charge in [0.1, 0.15) is 18.4 Å². The second-order valence-electron chi connectivity index (χ2n) is 9.72. The minimum absolute atomic E-state index is 0.186. The smallest absolute Gasteiger partial charge is 0.338 e. The first-order valence-corrected chi connectivity index (χ1v) is 15.8. The Balaban J connectivity index is 1.44. The molecule has 226 valence electrons. The van der Waals surface area contributed by atoms with Crippen LogP contribution in [0.15, 0.2) is 92.3 Å². The molecule has 11 heteroatoms. The van der Waals surface area contributed by atoms with Crippen molar-refractivity contribution in [2.45, 2.75) is 33.4 Å². The molecule has 1 atom stereocenters. The average Bonchev–Trinajstić information content (AvgIpc) is 3.30. The zero-order valence-electron chi connectivity index (χ0n) is 24.1. The van der Waals surface area contributed by atoms with Crippen molar-refractivity contribution in [1.82, 2.24) is 4.57 Å². The Labute approximate surface area is 271 Å². The number of hydrogen-bond acceptors (Lipinski definition) is 8. The summed E-state index contributed by atoms with van der Waals surface area (Å²) < 4.78 is 19.0. The average molecular weight is 696 g/mol. The molecular formula is C33H28BrClN2O6S. The number of benzene rings is 3. The number of allylic oxidation sites excluding steroid dienone is 1. The molecule has 0 saturated heterocycles. The van der Waals surface area contributed by atoms with Crippen LogP contribution in [0.2, 0.25) is 5.02 Å². The van der Waals surface area contributed by atoms with E-state index in [1.807, 2.05) is 36.4 Å². The van der Waals surface area contributed by atoms with Gasteiger partial charge in [0.25, 0.3) is 5.56 Å². The fourth-order valence-corrected chi connectivity index (χ4v) is 6.57. The van der Waals surface area contributed by atoms with Gasteiger partial charge in [-0.15, -0.1) is 0 Å². The minimum atomic E-state index is -0.782. The molecule has 0 spiro atoms. The van der Waals surface area contributed by atoms with Crippen LogP contribution >= 0.6 is 38.9 Å². The van der Waals surface area contributed by atoms with E-state index in [0.29, 0.717) is 54.6 Å². The summed E-state index contributed by atoms with van der Waals surface area (Å²) in [6.45, 7) is 6.03. The Morgan fingerprint density at radius 2 is 1.73 bits per heavy atom. The van der Waals surface area contributed by atoms with Gasteiger partial charge in [-0.3, -0.25) is 9.36 Å². The molecule has 0 fully saturated rings. The van der Waals surface area contributed by atoms with Crippen molar-refractivity contribution in [3.8, 4) is 5.75 Å². The van der Waals surface area contributed by atoms with Crippen LogP contribution in [0.3, 0.4) is 0 Å². The maximum atomic E-state index is 13.9. The standard InChI is InChI=1S/C33H28BrClN2O6S/c1-4-41-31(39)22-13-10-20(11-14-22)18-43-26-15-12-21(16-24(26)34)17-27-30(38)37-29(23-8-6-7-9-25(23)35)28(32(40)42-5-2)19(3)36-33(37)44-27/h6-17,29H,4-5,18H2,1-3H3/b27-17-/t29-/m0/s1. The molecule has 0 aliphatic carbocycles. The number of halogens is 2. The molecule has 0 unspecified atom stereocenters. The quantitative estimate of drug-likeness (QED) is 0.200. The van der Waals surface area contributed by atoms with Crippen LogP contribution in [0.4, 0.5) is 0 Å². The largest absolute Gasteiger partial charge is 0.488 e. The first-order chi connectivity index (χ1) is 21.2. The molecule has 4 aromatic rings. The summed E-state index contributed by atoms with van der Waals surface area (Å²) in [4.78, 5) is 43.9. The Bertz CT molecular complexity index is 1950. The highest BCUT2D eigenvalue weighted by Gasteiger charge is 2.34. The number of carbonyl (C=O) groups excluding carboxylic acids is 2. The molecular weight excluding hydrogens is 668 g/mol. The molecule has 2 heterocycles. The van der Waals surface area contributed by atoms with E-state index in [4.69, 9.17) is 25.8 Å². The molecule has 3 aromatic carbocycles. The van der Waals surface area contributed by atoms with Crippen molar-refractivity contribution in [3.63, 3.8) is 0 Å². The predicted molar refractivity (Wildman–Crippen MR) is 173 cm³/mol. The number of hydrogen-bond donors (Lipinski definition) is 0. The van der Waals surface area contributed by atoms with Crippen LogP contribution in [-0.4, -0.2) is 29.7 Å². The van der Waals surface area contributed by atoms with Gasteiger partial charge in [0.15, 0.2) is 4.80 Å². The molecule has 0 bridgehead atoms. The van der Waals surface area contributed by atoms with Crippen molar-refractivity contribution in [1.29, 1.82) is 0 Å². The number of thiazole rings is 1. The summed E-state index contributed by atoms with van der Waals surface area (Å²) in [6, 6.07) is 18.9. The first kappa shape index (κ1) is 31.4. The molecule has 0 saturated carbocycles. The van der Waals surface area contributed by atoms with Gasteiger partial charge in [-0.1, -0.05) is 59.3 Å². The lowest BCUT2D eigenvalue weighted by atomic mass is 9.96. The summed E-state index contributed by atoms with van der Waals surface area (Å²) in [7, 11) is 0. The van der Waals surface area contributed by atoms with Gasteiger partial charge >= 0.3 is 11.9 Å².